The fourth-order valence-corrected chi connectivity index (χ4v) is 6.19. The number of hydrogen-bond donors (Lipinski definition) is 0. The van der Waals surface area contributed by atoms with Crippen LogP contribution in [0.2, 0.25) is 0 Å². The Balaban J connectivity index is 0.000000141. The Morgan fingerprint density at radius 1 is 1.00 bits per heavy atom. The normalized spacial score (nSPS) is 15.9. The van der Waals surface area contributed by atoms with Gasteiger partial charge in [0.05, 0.1) is 13.2 Å². The van der Waals surface area contributed by atoms with Crippen LogP contribution in [0.25, 0.3) is 16.3 Å². The highest BCUT2D eigenvalue weighted by molar-refractivity contribution is 9.09. The Kier molecular flexibility index (Phi) is 9.25. The maximum absolute atomic E-state index is 11.9. The van der Waals surface area contributed by atoms with Gasteiger partial charge in [-0.3, -0.25) is 0 Å². The lowest BCUT2D eigenvalue weighted by atomic mass is 10.2. The molecule has 3 aliphatic rings. The van der Waals surface area contributed by atoms with Crippen molar-refractivity contribution in [1.82, 2.24) is 4.57 Å². The van der Waals surface area contributed by atoms with Crippen molar-refractivity contribution in [2.75, 3.05) is 18.5 Å². The summed E-state index contributed by atoms with van der Waals surface area (Å²) >= 11 is 6.76. The lowest BCUT2D eigenvalue weighted by Gasteiger charge is -2.08. The fourth-order valence-electron chi connectivity index (χ4n) is 3.75. The number of carbonyl (C=O) groups is 2. The minimum absolute atomic E-state index is 0.175. The maximum atomic E-state index is 11.9. The third kappa shape index (κ3) is 7.08. The third-order valence-corrected chi connectivity index (χ3v) is 8.84. The summed E-state index contributed by atoms with van der Waals surface area (Å²) in [5.41, 5.74) is 2.66. The molecule has 5 nitrogen and oxygen atoms in total. The third-order valence-electron chi connectivity index (χ3n) is 6.04. The van der Waals surface area contributed by atoms with Crippen LogP contribution in [0.1, 0.15) is 60.5 Å². The van der Waals surface area contributed by atoms with Gasteiger partial charge in [-0.05, 0) is 92.0 Å². The molecule has 0 amide bonds. The van der Waals surface area contributed by atoms with Crippen molar-refractivity contribution in [3.05, 3.63) is 50.7 Å². The molecule has 0 saturated heterocycles. The summed E-state index contributed by atoms with van der Waals surface area (Å²) < 4.78 is 12.2. The van der Waals surface area contributed by atoms with E-state index in [2.05, 4.69) is 31.9 Å². The predicted octanol–water partition coefficient (Wildman–Crippen LogP) is 7.33. The molecule has 0 unspecified atom stereocenters. The number of ether oxygens (including phenoxy) is 2. The van der Waals surface area contributed by atoms with Crippen molar-refractivity contribution < 1.29 is 19.1 Å². The van der Waals surface area contributed by atoms with E-state index in [0.717, 1.165) is 35.8 Å². The Morgan fingerprint density at radius 2 is 1.69 bits per heavy atom. The molecule has 2 saturated carbocycles. The van der Waals surface area contributed by atoms with Gasteiger partial charge < -0.3 is 14.0 Å². The van der Waals surface area contributed by atoms with Gasteiger partial charge in [0.25, 0.3) is 0 Å². The van der Waals surface area contributed by atoms with Crippen LogP contribution in [0.3, 0.4) is 0 Å². The Bertz CT molecular complexity index is 1180. The molecule has 0 atom stereocenters. The van der Waals surface area contributed by atoms with Gasteiger partial charge in [-0.2, -0.15) is 0 Å². The molecule has 0 aromatic carbocycles. The summed E-state index contributed by atoms with van der Waals surface area (Å²) in [4.78, 5) is 25.7. The molecule has 0 N–H and O–H groups in total. The smallest absolute Gasteiger partial charge is 0.354 e. The standard InChI is InChI=1S/C13H15NO2S.C10H10O2S.C4H7Br/c1-2-16-13(15)11-7-10-5-6-17-12(10)14(11)8-9-3-4-9;1-2-12-10(11)8-5-7-3-4-13-9(7)6-8;5-3-4-1-2-4/h5-7,9H,2-4,8H2,1H3;3-5H,2,6H2,1H3;4H,1-3H2. The Hall–Kier alpha value is -1.90. The molecule has 0 aliphatic heterocycles. The molecule has 3 aromatic heterocycles. The van der Waals surface area contributed by atoms with Crippen LogP contribution >= 0.6 is 38.6 Å². The highest BCUT2D eigenvalue weighted by Gasteiger charge is 2.26. The highest BCUT2D eigenvalue weighted by atomic mass is 79.9. The number of alkyl halides is 1. The lowest BCUT2D eigenvalue weighted by Crippen LogP contribution is -2.12. The molecule has 8 heteroatoms. The zero-order valence-electron chi connectivity index (χ0n) is 20.3. The van der Waals surface area contributed by atoms with Crippen molar-refractivity contribution in [1.29, 1.82) is 0 Å². The molecular weight excluding hydrogens is 546 g/mol. The second-order valence-electron chi connectivity index (χ2n) is 8.95. The van der Waals surface area contributed by atoms with Gasteiger partial charge >= 0.3 is 11.9 Å². The number of rotatable bonds is 7. The number of hydrogen-bond acceptors (Lipinski definition) is 6. The summed E-state index contributed by atoms with van der Waals surface area (Å²) in [6.45, 7) is 5.50. The van der Waals surface area contributed by atoms with Gasteiger partial charge in [-0.1, -0.05) is 15.9 Å². The van der Waals surface area contributed by atoms with Gasteiger partial charge in [0.1, 0.15) is 10.5 Å². The number of nitrogens with zero attached hydrogens (tertiary/aromatic N) is 1. The van der Waals surface area contributed by atoms with E-state index < -0.39 is 0 Å². The van der Waals surface area contributed by atoms with E-state index in [1.807, 2.05) is 37.4 Å². The molecule has 3 heterocycles. The van der Waals surface area contributed by atoms with Gasteiger partial charge in [0.2, 0.25) is 0 Å². The second-order valence-corrected chi connectivity index (χ2v) is 11.5. The Morgan fingerprint density at radius 3 is 2.29 bits per heavy atom. The average molecular weight is 579 g/mol. The summed E-state index contributed by atoms with van der Waals surface area (Å²) in [5, 5.41) is 6.50. The van der Waals surface area contributed by atoms with Gasteiger partial charge in [-0.15, -0.1) is 22.7 Å². The molecule has 3 aromatic rings. The SMILES string of the molecule is BrCC1CC1.CCOC(=O)C1=Cc2ccsc2C1.CCOC(=O)c1cc2ccsc2n1CC1CC1. The molecule has 0 spiro atoms. The molecule has 35 heavy (non-hydrogen) atoms. The highest BCUT2D eigenvalue weighted by Crippen LogP contribution is 2.35. The van der Waals surface area contributed by atoms with Crippen molar-refractivity contribution in [3.8, 4) is 0 Å². The lowest BCUT2D eigenvalue weighted by molar-refractivity contribution is -0.138. The first-order valence-electron chi connectivity index (χ1n) is 12.3. The molecule has 6 rings (SSSR count). The van der Waals surface area contributed by atoms with E-state index >= 15 is 0 Å². The van der Waals surface area contributed by atoms with E-state index in [0.29, 0.717) is 18.9 Å². The number of fused-ring (bicyclic) bond motifs is 2. The van der Waals surface area contributed by atoms with Crippen LogP contribution in [-0.4, -0.2) is 35.0 Å². The predicted molar refractivity (Wildman–Crippen MR) is 148 cm³/mol. The quantitative estimate of drug-likeness (QED) is 0.218. The summed E-state index contributed by atoms with van der Waals surface area (Å²) in [6.07, 6.45) is 8.16. The van der Waals surface area contributed by atoms with Crippen LogP contribution in [-0.2, 0) is 27.2 Å². The Labute approximate surface area is 223 Å². The second kappa shape index (κ2) is 12.4. The number of esters is 2. The first-order chi connectivity index (χ1) is 17.0. The minimum atomic E-state index is -0.198. The van der Waals surface area contributed by atoms with E-state index in [-0.39, 0.29) is 11.9 Å². The van der Waals surface area contributed by atoms with Gasteiger partial charge in [0, 0.05) is 34.1 Å². The zero-order valence-corrected chi connectivity index (χ0v) is 23.5. The maximum Gasteiger partial charge on any atom is 0.354 e. The summed E-state index contributed by atoms with van der Waals surface area (Å²) in [7, 11) is 0. The fraction of sp³-hybridized carbons (Fsp3) is 0.481. The molecule has 3 aliphatic carbocycles. The summed E-state index contributed by atoms with van der Waals surface area (Å²) in [6, 6.07) is 6.05. The molecule has 0 radical (unpaired) electrons. The van der Waals surface area contributed by atoms with E-state index in [1.54, 1.807) is 22.7 Å². The monoisotopic (exact) mass is 577 g/mol. The van der Waals surface area contributed by atoms with Gasteiger partial charge in [0.15, 0.2) is 0 Å². The largest absolute Gasteiger partial charge is 0.463 e. The number of thiophene rings is 2. The van der Waals surface area contributed by atoms with Crippen LogP contribution in [0.4, 0.5) is 0 Å². The first-order valence-corrected chi connectivity index (χ1v) is 15.2. The van der Waals surface area contributed by atoms with Crippen LogP contribution < -0.4 is 0 Å². The van der Waals surface area contributed by atoms with E-state index in [1.165, 1.54) is 46.3 Å². The zero-order chi connectivity index (χ0) is 24.8. The van der Waals surface area contributed by atoms with Gasteiger partial charge in [-0.25, -0.2) is 9.59 Å². The average Bonchev–Trinajstić information content (AvgIpc) is 3.66. The molecule has 0 bridgehead atoms. The van der Waals surface area contributed by atoms with Crippen LogP contribution in [0.15, 0.2) is 34.5 Å². The van der Waals surface area contributed by atoms with Crippen LogP contribution in [0, 0.1) is 11.8 Å². The van der Waals surface area contributed by atoms with Crippen molar-refractivity contribution in [3.63, 3.8) is 0 Å². The topological polar surface area (TPSA) is 57.5 Å². The van der Waals surface area contributed by atoms with Crippen molar-refractivity contribution in [2.45, 2.75) is 52.5 Å². The number of aromatic nitrogens is 1. The van der Waals surface area contributed by atoms with Crippen LogP contribution in [0.5, 0.6) is 0 Å². The minimum Gasteiger partial charge on any atom is -0.463 e. The summed E-state index contributed by atoms with van der Waals surface area (Å²) in [5.74, 6) is 1.43. The first kappa shape index (κ1) is 26.2. The number of halogens is 1. The molecule has 2 fully saturated rings. The van der Waals surface area contributed by atoms with E-state index in [4.69, 9.17) is 9.47 Å². The van der Waals surface area contributed by atoms with E-state index in [9.17, 15) is 9.59 Å². The van der Waals surface area contributed by atoms with Crippen molar-refractivity contribution >= 4 is 66.8 Å². The molecular formula is C27H32BrNO4S2. The van der Waals surface area contributed by atoms with Crippen molar-refractivity contribution in [2.24, 2.45) is 11.8 Å². The number of carbonyl (C=O) groups excluding carboxylic acids is 2. The molecule has 188 valence electrons.